The van der Waals surface area contributed by atoms with Crippen molar-refractivity contribution < 1.29 is 10.2 Å². The molecule has 4 heteroatoms. The summed E-state index contributed by atoms with van der Waals surface area (Å²) in [5, 5.41) is 22.4. The van der Waals surface area contributed by atoms with Crippen molar-refractivity contribution in [1.29, 1.82) is 0 Å². The molecule has 0 bridgehead atoms. The Morgan fingerprint density at radius 2 is 2.00 bits per heavy atom. The molecular formula is C15H22N2O2. The van der Waals surface area contributed by atoms with Gasteiger partial charge in [0.1, 0.15) is 0 Å². The standard InChI is InChI=1S/C15H22N2O2/c1-11(2)9-13(17-7-5-16-6-8-17)12-3-4-14(18)15(19)10-12/h3-4,10,13,16,18-19H,1,5-9H2,2H3/t13-/m1/s1. The van der Waals surface area contributed by atoms with E-state index in [-0.39, 0.29) is 17.5 Å². The first kappa shape index (κ1) is 13.9. The van der Waals surface area contributed by atoms with Crippen molar-refractivity contribution in [3.8, 4) is 11.5 Å². The van der Waals surface area contributed by atoms with Crippen molar-refractivity contribution in [2.75, 3.05) is 26.2 Å². The summed E-state index contributed by atoms with van der Waals surface area (Å²) in [7, 11) is 0. The number of hydrogen-bond acceptors (Lipinski definition) is 4. The molecular weight excluding hydrogens is 240 g/mol. The normalized spacial score (nSPS) is 18.2. The quantitative estimate of drug-likeness (QED) is 0.574. The molecule has 1 fully saturated rings. The first-order chi connectivity index (χ1) is 9.08. The van der Waals surface area contributed by atoms with Gasteiger partial charge in [-0.15, -0.1) is 6.58 Å². The maximum absolute atomic E-state index is 9.68. The number of phenolic OH excluding ortho intramolecular Hbond substituents is 2. The van der Waals surface area contributed by atoms with Crippen molar-refractivity contribution in [3.63, 3.8) is 0 Å². The summed E-state index contributed by atoms with van der Waals surface area (Å²) in [5.41, 5.74) is 2.15. The van der Waals surface area contributed by atoms with Crippen LogP contribution in [-0.2, 0) is 0 Å². The smallest absolute Gasteiger partial charge is 0.157 e. The highest BCUT2D eigenvalue weighted by atomic mass is 16.3. The summed E-state index contributed by atoms with van der Waals surface area (Å²) in [6.45, 7) is 9.96. The van der Waals surface area contributed by atoms with E-state index >= 15 is 0 Å². The van der Waals surface area contributed by atoms with Gasteiger partial charge in [-0.3, -0.25) is 4.90 Å². The number of hydrogen-bond donors (Lipinski definition) is 3. The van der Waals surface area contributed by atoms with Crippen LogP contribution in [0.3, 0.4) is 0 Å². The van der Waals surface area contributed by atoms with E-state index in [0.29, 0.717) is 0 Å². The van der Waals surface area contributed by atoms with Crippen molar-refractivity contribution in [2.45, 2.75) is 19.4 Å². The van der Waals surface area contributed by atoms with Crippen LogP contribution in [0.15, 0.2) is 30.4 Å². The lowest BCUT2D eigenvalue weighted by Crippen LogP contribution is -2.45. The molecule has 4 nitrogen and oxygen atoms in total. The van der Waals surface area contributed by atoms with E-state index in [1.165, 1.54) is 0 Å². The highest BCUT2D eigenvalue weighted by Gasteiger charge is 2.22. The molecule has 0 amide bonds. The third-order valence-corrected chi connectivity index (χ3v) is 3.52. The molecule has 2 rings (SSSR count). The lowest BCUT2D eigenvalue weighted by Gasteiger charge is -2.35. The zero-order chi connectivity index (χ0) is 13.8. The fourth-order valence-corrected chi connectivity index (χ4v) is 2.53. The van der Waals surface area contributed by atoms with Gasteiger partial charge in [0.15, 0.2) is 11.5 Å². The van der Waals surface area contributed by atoms with Gasteiger partial charge in [-0.25, -0.2) is 0 Å². The van der Waals surface area contributed by atoms with Crippen LogP contribution in [0.2, 0.25) is 0 Å². The Morgan fingerprint density at radius 3 is 2.58 bits per heavy atom. The highest BCUT2D eigenvalue weighted by molar-refractivity contribution is 5.41. The zero-order valence-electron chi connectivity index (χ0n) is 11.4. The van der Waals surface area contributed by atoms with Crippen LogP contribution >= 0.6 is 0 Å². The largest absolute Gasteiger partial charge is 0.504 e. The predicted octanol–water partition coefficient (Wildman–Crippen LogP) is 2.01. The third-order valence-electron chi connectivity index (χ3n) is 3.52. The van der Waals surface area contributed by atoms with Crippen LogP contribution < -0.4 is 5.32 Å². The Balaban J connectivity index is 2.24. The summed E-state index contributed by atoms with van der Waals surface area (Å²) in [4.78, 5) is 2.40. The molecule has 1 aliphatic heterocycles. The van der Waals surface area contributed by atoms with E-state index in [1.807, 2.05) is 13.0 Å². The average molecular weight is 262 g/mol. The van der Waals surface area contributed by atoms with Crippen LogP contribution in [0.4, 0.5) is 0 Å². The SMILES string of the molecule is C=C(C)C[C@H](c1ccc(O)c(O)c1)N1CCNCC1. The second-order valence-electron chi connectivity index (χ2n) is 5.21. The van der Waals surface area contributed by atoms with Gasteiger partial charge in [-0.2, -0.15) is 0 Å². The number of piperazine rings is 1. The molecule has 1 heterocycles. The molecule has 0 spiro atoms. The Hall–Kier alpha value is -1.52. The van der Waals surface area contributed by atoms with Gasteiger partial charge >= 0.3 is 0 Å². The van der Waals surface area contributed by atoms with Gasteiger partial charge in [-0.05, 0) is 31.0 Å². The maximum Gasteiger partial charge on any atom is 0.157 e. The fourth-order valence-electron chi connectivity index (χ4n) is 2.53. The molecule has 1 aromatic rings. The molecule has 1 atom stereocenters. The topological polar surface area (TPSA) is 55.7 Å². The zero-order valence-corrected chi connectivity index (χ0v) is 11.4. The summed E-state index contributed by atoms with van der Waals surface area (Å²) >= 11 is 0. The van der Waals surface area contributed by atoms with E-state index in [4.69, 9.17) is 0 Å². The number of phenols is 2. The molecule has 3 N–H and O–H groups in total. The summed E-state index contributed by atoms with van der Waals surface area (Å²) in [5.74, 6) is -0.127. The fraction of sp³-hybridized carbons (Fsp3) is 0.467. The molecule has 104 valence electrons. The summed E-state index contributed by atoms with van der Waals surface area (Å²) < 4.78 is 0. The molecule has 0 saturated carbocycles. The molecule has 0 aromatic heterocycles. The van der Waals surface area contributed by atoms with Gasteiger partial charge < -0.3 is 15.5 Å². The minimum Gasteiger partial charge on any atom is -0.504 e. The molecule has 19 heavy (non-hydrogen) atoms. The van der Waals surface area contributed by atoms with E-state index in [9.17, 15) is 10.2 Å². The lowest BCUT2D eigenvalue weighted by atomic mass is 9.97. The predicted molar refractivity (Wildman–Crippen MR) is 76.4 cm³/mol. The van der Waals surface area contributed by atoms with E-state index in [1.54, 1.807) is 12.1 Å². The number of nitrogens with zero attached hydrogens (tertiary/aromatic N) is 1. The summed E-state index contributed by atoms with van der Waals surface area (Å²) in [6, 6.07) is 5.31. The van der Waals surface area contributed by atoms with Crippen molar-refractivity contribution in [1.82, 2.24) is 10.2 Å². The number of aromatic hydroxyl groups is 2. The van der Waals surface area contributed by atoms with Gasteiger partial charge in [0.2, 0.25) is 0 Å². The first-order valence-corrected chi connectivity index (χ1v) is 6.69. The Kier molecular flexibility index (Phi) is 4.45. The molecule has 1 saturated heterocycles. The minimum atomic E-state index is -0.0712. The molecule has 0 aliphatic carbocycles. The van der Waals surface area contributed by atoms with E-state index in [0.717, 1.165) is 43.7 Å². The molecule has 0 radical (unpaired) electrons. The number of benzene rings is 1. The highest BCUT2D eigenvalue weighted by Crippen LogP contribution is 2.33. The lowest BCUT2D eigenvalue weighted by molar-refractivity contribution is 0.172. The van der Waals surface area contributed by atoms with Crippen molar-refractivity contribution in [3.05, 3.63) is 35.9 Å². The van der Waals surface area contributed by atoms with Crippen LogP contribution in [-0.4, -0.2) is 41.3 Å². The van der Waals surface area contributed by atoms with Crippen LogP contribution in [0.25, 0.3) is 0 Å². The van der Waals surface area contributed by atoms with Crippen LogP contribution in [0.5, 0.6) is 11.5 Å². The summed E-state index contributed by atoms with van der Waals surface area (Å²) in [6.07, 6.45) is 0.865. The van der Waals surface area contributed by atoms with Crippen LogP contribution in [0.1, 0.15) is 24.9 Å². The van der Waals surface area contributed by atoms with Crippen LogP contribution in [0, 0.1) is 0 Å². The van der Waals surface area contributed by atoms with Gasteiger partial charge in [0.25, 0.3) is 0 Å². The van der Waals surface area contributed by atoms with Gasteiger partial charge in [0.05, 0.1) is 0 Å². The maximum atomic E-state index is 9.68. The van der Waals surface area contributed by atoms with Crippen molar-refractivity contribution >= 4 is 0 Å². The van der Waals surface area contributed by atoms with Crippen molar-refractivity contribution in [2.24, 2.45) is 0 Å². The monoisotopic (exact) mass is 262 g/mol. The first-order valence-electron chi connectivity index (χ1n) is 6.69. The Labute approximate surface area is 114 Å². The molecule has 0 unspecified atom stereocenters. The average Bonchev–Trinajstić information content (AvgIpc) is 2.40. The molecule has 1 aliphatic rings. The van der Waals surface area contributed by atoms with E-state index < -0.39 is 0 Å². The Bertz CT molecular complexity index is 453. The Morgan fingerprint density at radius 1 is 1.32 bits per heavy atom. The van der Waals surface area contributed by atoms with E-state index in [2.05, 4.69) is 16.8 Å². The molecule has 1 aromatic carbocycles. The van der Waals surface area contributed by atoms with Gasteiger partial charge in [-0.1, -0.05) is 11.6 Å². The van der Waals surface area contributed by atoms with Gasteiger partial charge in [0, 0.05) is 32.2 Å². The second kappa shape index (κ2) is 6.08. The number of nitrogens with one attached hydrogen (secondary N) is 1. The second-order valence-corrected chi connectivity index (χ2v) is 5.21. The third kappa shape index (κ3) is 3.49. The number of rotatable bonds is 4. The minimum absolute atomic E-state index is 0.0562.